The first-order valence-corrected chi connectivity index (χ1v) is 10.9. The van der Waals surface area contributed by atoms with Gasteiger partial charge in [-0.05, 0) is 29.3 Å². The normalized spacial score (nSPS) is 21.2. The van der Waals surface area contributed by atoms with E-state index in [9.17, 15) is 4.79 Å². The number of hydrazone groups is 1. The van der Waals surface area contributed by atoms with Crippen LogP contribution >= 0.6 is 23.4 Å². The maximum atomic E-state index is 12.4. The van der Waals surface area contributed by atoms with Crippen LogP contribution in [0.1, 0.15) is 11.1 Å². The van der Waals surface area contributed by atoms with Gasteiger partial charge in [0.25, 0.3) is 0 Å². The Morgan fingerprint density at radius 2 is 1.83 bits per heavy atom. The number of allylic oxidation sites excluding steroid dienone is 1. The number of hydrogen-bond donors (Lipinski definition) is 0. The average molecular weight is 440 g/mol. The van der Waals surface area contributed by atoms with Gasteiger partial charge in [-0.2, -0.15) is 5.10 Å². The minimum absolute atomic E-state index is 0.0597. The molecule has 0 N–H and O–H groups in total. The summed E-state index contributed by atoms with van der Waals surface area (Å²) in [4.78, 5) is 20.5. The maximum Gasteiger partial charge on any atom is 0.323 e. The number of rotatable bonds is 5. The van der Waals surface area contributed by atoms with Crippen LogP contribution in [0.5, 0.6) is 0 Å². The molecule has 2 heterocycles. The van der Waals surface area contributed by atoms with E-state index in [2.05, 4.69) is 5.10 Å². The monoisotopic (exact) mass is 439 g/mol. The van der Waals surface area contributed by atoms with Crippen LogP contribution in [-0.4, -0.2) is 58.6 Å². The molecule has 0 bridgehead atoms. The van der Waals surface area contributed by atoms with Crippen molar-refractivity contribution in [2.24, 2.45) is 10.1 Å². The summed E-state index contributed by atoms with van der Waals surface area (Å²) in [5.41, 5.74) is 2.25. The summed E-state index contributed by atoms with van der Waals surface area (Å²) in [7, 11) is 3.56. The maximum absolute atomic E-state index is 12.4. The van der Waals surface area contributed by atoms with Crippen LogP contribution in [0.15, 0.2) is 70.8 Å². The second-order valence-corrected chi connectivity index (χ2v) is 8.42. The fourth-order valence-corrected chi connectivity index (χ4v) is 4.47. The molecular formula is C22H22ClN5OS. The Morgan fingerprint density at radius 1 is 1.10 bits per heavy atom. The van der Waals surface area contributed by atoms with Crippen molar-refractivity contribution in [3.8, 4) is 0 Å². The Balaban J connectivity index is 1.51. The van der Waals surface area contributed by atoms with Crippen molar-refractivity contribution >= 4 is 46.9 Å². The first kappa shape index (κ1) is 20.5. The Labute approximate surface area is 185 Å². The third-order valence-corrected chi connectivity index (χ3v) is 6.28. The molecule has 0 spiro atoms. The van der Waals surface area contributed by atoms with E-state index in [1.807, 2.05) is 71.8 Å². The molecule has 1 saturated heterocycles. The summed E-state index contributed by atoms with van der Waals surface area (Å²) < 4.78 is 0. The third-order valence-electron chi connectivity index (χ3n) is 5.00. The first-order valence-electron chi connectivity index (χ1n) is 9.54. The van der Waals surface area contributed by atoms with Gasteiger partial charge in [0.15, 0.2) is 17.5 Å². The molecule has 2 unspecified atom stereocenters. The predicted octanol–water partition coefficient (Wildman–Crippen LogP) is 4.59. The number of thioether (sulfide) groups is 1. The molecule has 154 valence electrons. The molecule has 0 radical (unpaired) electrons. The second-order valence-electron chi connectivity index (χ2n) is 7.04. The van der Waals surface area contributed by atoms with E-state index in [1.165, 1.54) is 0 Å². The van der Waals surface area contributed by atoms with Crippen LogP contribution in [0.2, 0.25) is 5.02 Å². The number of halogens is 1. The molecule has 2 aliphatic rings. The van der Waals surface area contributed by atoms with Crippen molar-refractivity contribution in [2.45, 2.75) is 18.1 Å². The van der Waals surface area contributed by atoms with Crippen molar-refractivity contribution in [3.05, 3.63) is 76.8 Å². The first-order chi connectivity index (χ1) is 14.5. The minimum atomic E-state index is -0.273. The second kappa shape index (κ2) is 8.93. The molecule has 0 saturated carbocycles. The van der Waals surface area contributed by atoms with Gasteiger partial charge in [0.1, 0.15) is 0 Å². The van der Waals surface area contributed by atoms with Crippen molar-refractivity contribution in [3.63, 3.8) is 0 Å². The van der Waals surface area contributed by atoms with E-state index in [1.54, 1.807) is 41.9 Å². The lowest BCUT2D eigenvalue weighted by Crippen LogP contribution is -2.43. The highest BCUT2D eigenvalue weighted by molar-refractivity contribution is 8.13. The zero-order valence-electron chi connectivity index (χ0n) is 16.7. The molecule has 1 fully saturated rings. The van der Waals surface area contributed by atoms with Gasteiger partial charge >= 0.3 is 6.03 Å². The van der Waals surface area contributed by atoms with Crippen molar-refractivity contribution in [1.29, 1.82) is 0 Å². The number of aliphatic imine (C=N–C) groups is 1. The number of amidine groups is 1. The molecular weight excluding hydrogens is 418 g/mol. The van der Waals surface area contributed by atoms with Crippen LogP contribution in [0, 0.1) is 0 Å². The number of likely N-dealkylation sites (N-methyl/N-ethyl adjacent to an activating group) is 2. The summed E-state index contributed by atoms with van der Waals surface area (Å²) in [6.45, 7) is 0. The highest BCUT2D eigenvalue weighted by Gasteiger charge is 2.50. The molecule has 2 aromatic rings. The van der Waals surface area contributed by atoms with Crippen LogP contribution in [0.25, 0.3) is 6.08 Å². The van der Waals surface area contributed by atoms with Crippen molar-refractivity contribution in [2.75, 3.05) is 14.1 Å². The van der Waals surface area contributed by atoms with Gasteiger partial charge in [0, 0.05) is 31.1 Å². The van der Waals surface area contributed by atoms with E-state index in [4.69, 9.17) is 16.6 Å². The van der Waals surface area contributed by atoms with E-state index in [0.717, 1.165) is 27.1 Å². The number of urea groups is 1. The summed E-state index contributed by atoms with van der Waals surface area (Å²) in [5.74, 6) is 0.739. The molecule has 0 aliphatic carbocycles. The van der Waals surface area contributed by atoms with Crippen LogP contribution < -0.4 is 0 Å². The standard InChI is InChI=1S/C22H22ClN5OS/c1-26-19-20(27(2)22(26)29)28(24-14-6-9-16-7-4-3-5-8-16)21(25-19)30-15-17-10-12-18(23)13-11-17/h3-14,19-20H,15H2,1-2H3/b9-6+,24-14+. The number of nitrogens with zero attached hydrogens (tertiary/aromatic N) is 5. The lowest BCUT2D eigenvalue weighted by atomic mass is 10.2. The Morgan fingerprint density at radius 3 is 2.57 bits per heavy atom. The minimum Gasteiger partial charge on any atom is -0.302 e. The summed E-state index contributed by atoms with van der Waals surface area (Å²) >= 11 is 7.58. The molecule has 6 nitrogen and oxygen atoms in total. The fraction of sp³-hybridized carbons (Fsp3) is 0.227. The quantitative estimate of drug-likeness (QED) is 0.640. The Kier molecular flexibility index (Phi) is 6.11. The highest BCUT2D eigenvalue weighted by atomic mass is 35.5. The number of carbonyl (C=O) groups excluding carboxylic acids is 1. The number of hydrogen-bond acceptors (Lipinski definition) is 5. The fourth-order valence-electron chi connectivity index (χ4n) is 3.38. The molecule has 30 heavy (non-hydrogen) atoms. The predicted molar refractivity (Wildman–Crippen MR) is 124 cm³/mol. The number of fused-ring (bicyclic) bond motifs is 1. The highest BCUT2D eigenvalue weighted by Crippen LogP contribution is 2.34. The van der Waals surface area contributed by atoms with Gasteiger partial charge in [-0.25, -0.2) is 14.8 Å². The lowest BCUT2D eigenvalue weighted by Gasteiger charge is -2.25. The number of amides is 2. The average Bonchev–Trinajstić information content (AvgIpc) is 3.22. The third kappa shape index (κ3) is 4.22. The number of carbonyl (C=O) groups is 1. The summed E-state index contributed by atoms with van der Waals surface area (Å²) in [6.07, 6.45) is 5.10. The van der Waals surface area contributed by atoms with Gasteiger partial charge in [-0.15, -0.1) is 0 Å². The van der Waals surface area contributed by atoms with Gasteiger partial charge < -0.3 is 9.80 Å². The number of benzene rings is 2. The molecule has 4 rings (SSSR count). The summed E-state index contributed by atoms with van der Waals surface area (Å²) in [5, 5.41) is 7.98. The largest absolute Gasteiger partial charge is 0.323 e. The molecule has 2 aromatic carbocycles. The van der Waals surface area contributed by atoms with Gasteiger partial charge in [-0.1, -0.05) is 71.9 Å². The van der Waals surface area contributed by atoms with Gasteiger partial charge in [0.05, 0.1) is 0 Å². The molecule has 0 aromatic heterocycles. The molecule has 2 amide bonds. The zero-order valence-corrected chi connectivity index (χ0v) is 18.3. The van der Waals surface area contributed by atoms with Crippen LogP contribution in [-0.2, 0) is 5.75 Å². The smallest absolute Gasteiger partial charge is 0.302 e. The SMILES string of the molecule is CN1C(=O)N(C)C2C1N=C(SCc1ccc(Cl)cc1)N2/N=C/C=C/c1ccccc1. The zero-order chi connectivity index (χ0) is 21.1. The van der Waals surface area contributed by atoms with Crippen molar-refractivity contribution < 1.29 is 4.79 Å². The van der Waals surface area contributed by atoms with E-state index in [-0.39, 0.29) is 18.4 Å². The molecule has 8 heteroatoms. The van der Waals surface area contributed by atoms with Gasteiger partial charge in [-0.3, -0.25) is 0 Å². The van der Waals surface area contributed by atoms with E-state index >= 15 is 0 Å². The van der Waals surface area contributed by atoms with E-state index in [0.29, 0.717) is 0 Å². The van der Waals surface area contributed by atoms with Crippen LogP contribution in [0.3, 0.4) is 0 Å². The topological polar surface area (TPSA) is 51.5 Å². The molecule has 2 atom stereocenters. The molecule has 2 aliphatic heterocycles. The van der Waals surface area contributed by atoms with Crippen molar-refractivity contribution in [1.82, 2.24) is 14.8 Å². The van der Waals surface area contributed by atoms with Gasteiger partial charge in [0.2, 0.25) is 0 Å². The lowest BCUT2D eigenvalue weighted by molar-refractivity contribution is 0.172. The van der Waals surface area contributed by atoms with E-state index < -0.39 is 0 Å². The Hall–Kier alpha value is -2.77. The Bertz CT molecular complexity index is 992. The summed E-state index contributed by atoms with van der Waals surface area (Å²) in [6, 6.07) is 17.8. The van der Waals surface area contributed by atoms with Crippen LogP contribution in [0.4, 0.5) is 4.79 Å².